The number of hydrogen-bond acceptors (Lipinski definition) is 2. The zero-order valence-corrected chi connectivity index (χ0v) is 7.19. The SMILES string of the molecule is Cn1[nH]c(-c2cccnc2)cc1=O. The molecule has 0 bridgehead atoms. The molecule has 2 aromatic rings. The molecule has 0 aliphatic carbocycles. The van der Waals surface area contributed by atoms with Crippen molar-refractivity contribution in [3.63, 3.8) is 0 Å². The van der Waals surface area contributed by atoms with E-state index in [0.29, 0.717) is 0 Å². The summed E-state index contributed by atoms with van der Waals surface area (Å²) in [5.41, 5.74) is 1.67. The highest BCUT2D eigenvalue weighted by molar-refractivity contribution is 5.56. The zero-order valence-electron chi connectivity index (χ0n) is 7.19. The molecule has 0 fully saturated rings. The zero-order chi connectivity index (χ0) is 9.26. The molecule has 0 radical (unpaired) electrons. The normalized spacial score (nSPS) is 10.2. The summed E-state index contributed by atoms with van der Waals surface area (Å²) < 4.78 is 1.43. The molecule has 0 unspecified atom stereocenters. The second kappa shape index (κ2) is 2.90. The number of nitrogens with one attached hydrogen (secondary N) is 1. The van der Waals surface area contributed by atoms with Gasteiger partial charge in [-0.05, 0) is 12.1 Å². The van der Waals surface area contributed by atoms with Crippen molar-refractivity contribution in [3.8, 4) is 11.3 Å². The van der Waals surface area contributed by atoms with Crippen LogP contribution in [0.25, 0.3) is 11.3 Å². The molecule has 0 spiro atoms. The Morgan fingerprint density at radius 3 is 2.92 bits per heavy atom. The molecule has 2 rings (SSSR count). The Morgan fingerprint density at radius 2 is 2.38 bits per heavy atom. The molecule has 0 aromatic carbocycles. The van der Waals surface area contributed by atoms with Gasteiger partial charge in [0.15, 0.2) is 0 Å². The minimum absolute atomic E-state index is 0.0427. The Labute approximate surface area is 74.8 Å². The van der Waals surface area contributed by atoms with Crippen LogP contribution >= 0.6 is 0 Å². The third kappa shape index (κ3) is 1.38. The maximum atomic E-state index is 11.1. The Kier molecular flexibility index (Phi) is 1.73. The maximum absolute atomic E-state index is 11.1. The van der Waals surface area contributed by atoms with E-state index >= 15 is 0 Å². The van der Waals surface area contributed by atoms with E-state index in [0.717, 1.165) is 11.3 Å². The van der Waals surface area contributed by atoms with E-state index in [2.05, 4.69) is 10.1 Å². The van der Waals surface area contributed by atoms with Crippen LogP contribution in [0.4, 0.5) is 0 Å². The van der Waals surface area contributed by atoms with Gasteiger partial charge in [0.25, 0.3) is 5.56 Å². The van der Waals surface area contributed by atoms with Crippen LogP contribution in [0.3, 0.4) is 0 Å². The number of aryl methyl sites for hydroxylation is 1. The minimum Gasteiger partial charge on any atom is -0.295 e. The van der Waals surface area contributed by atoms with Gasteiger partial charge < -0.3 is 0 Å². The van der Waals surface area contributed by atoms with Gasteiger partial charge in [0.05, 0.1) is 5.69 Å². The van der Waals surface area contributed by atoms with Crippen molar-refractivity contribution in [2.24, 2.45) is 7.05 Å². The summed E-state index contributed by atoms with van der Waals surface area (Å²) in [7, 11) is 1.68. The molecule has 4 heteroatoms. The summed E-state index contributed by atoms with van der Waals surface area (Å²) in [5.74, 6) is 0. The van der Waals surface area contributed by atoms with Gasteiger partial charge in [-0.1, -0.05) is 0 Å². The third-order valence-corrected chi connectivity index (χ3v) is 1.86. The lowest BCUT2D eigenvalue weighted by Crippen LogP contribution is -2.09. The van der Waals surface area contributed by atoms with Crippen molar-refractivity contribution in [1.82, 2.24) is 14.8 Å². The first-order chi connectivity index (χ1) is 6.27. The fourth-order valence-electron chi connectivity index (χ4n) is 1.16. The second-order valence-corrected chi connectivity index (χ2v) is 2.81. The molecule has 2 aromatic heterocycles. The van der Waals surface area contributed by atoms with E-state index in [4.69, 9.17) is 0 Å². The molecule has 4 nitrogen and oxygen atoms in total. The van der Waals surface area contributed by atoms with E-state index in [1.54, 1.807) is 25.5 Å². The number of hydrogen-bond donors (Lipinski definition) is 1. The van der Waals surface area contributed by atoms with Gasteiger partial charge in [-0.3, -0.25) is 19.6 Å². The smallest absolute Gasteiger partial charge is 0.266 e. The largest absolute Gasteiger partial charge is 0.295 e. The van der Waals surface area contributed by atoms with Crippen LogP contribution in [0.15, 0.2) is 35.4 Å². The van der Waals surface area contributed by atoms with E-state index in [1.165, 1.54) is 4.68 Å². The lowest BCUT2D eigenvalue weighted by atomic mass is 10.2. The Balaban J connectivity index is 2.54. The molecule has 66 valence electrons. The van der Waals surface area contributed by atoms with Gasteiger partial charge in [0.2, 0.25) is 0 Å². The second-order valence-electron chi connectivity index (χ2n) is 2.81. The van der Waals surface area contributed by atoms with Crippen LogP contribution in [-0.2, 0) is 7.05 Å². The molecule has 0 aliphatic heterocycles. The van der Waals surface area contributed by atoms with Crippen LogP contribution in [0.2, 0.25) is 0 Å². The minimum atomic E-state index is -0.0427. The molecule has 0 atom stereocenters. The quantitative estimate of drug-likeness (QED) is 0.696. The molecule has 0 amide bonds. The highest BCUT2D eigenvalue weighted by Crippen LogP contribution is 2.11. The van der Waals surface area contributed by atoms with Crippen molar-refractivity contribution in [2.75, 3.05) is 0 Å². The summed E-state index contributed by atoms with van der Waals surface area (Å²) >= 11 is 0. The fraction of sp³-hybridized carbons (Fsp3) is 0.111. The van der Waals surface area contributed by atoms with Crippen molar-refractivity contribution in [3.05, 3.63) is 40.9 Å². The molecular weight excluding hydrogens is 166 g/mol. The number of aromatic amines is 1. The number of H-pyrrole nitrogens is 1. The molecule has 0 saturated heterocycles. The van der Waals surface area contributed by atoms with Gasteiger partial charge in [0.1, 0.15) is 0 Å². The summed E-state index contributed by atoms with van der Waals surface area (Å²) in [6.07, 6.45) is 3.41. The standard InChI is InChI=1S/C9H9N3O/c1-12-9(13)5-8(11-12)7-3-2-4-10-6-7/h2-6,11H,1H3. The predicted molar refractivity (Wildman–Crippen MR) is 49.3 cm³/mol. The van der Waals surface area contributed by atoms with Crippen molar-refractivity contribution in [2.45, 2.75) is 0 Å². The Hall–Kier alpha value is -1.84. The summed E-state index contributed by atoms with van der Waals surface area (Å²) in [5, 5.41) is 2.92. The summed E-state index contributed by atoms with van der Waals surface area (Å²) in [6.45, 7) is 0. The van der Waals surface area contributed by atoms with Gasteiger partial charge in [-0.15, -0.1) is 0 Å². The number of aromatic nitrogens is 3. The monoisotopic (exact) mass is 175 g/mol. The molecule has 13 heavy (non-hydrogen) atoms. The molecule has 0 aliphatic rings. The Morgan fingerprint density at radius 1 is 1.54 bits per heavy atom. The van der Waals surface area contributed by atoms with Crippen molar-refractivity contribution < 1.29 is 0 Å². The predicted octanol–water partition coefficient (Wildman–Crippen LogP) is 0.775. The summed E-state index contributed by atoms with van der Waals surface area (Å²) in [4.78, 5) is 15.1. The number of nitrogens with zero attached hydrogens (tertiary/aromatic N) is 2. The highest BCUT2D eigenvalue weighted by atomic mass is 16.1. The number of rotatable bonds is 1. The first kappa shape index (κ1) is 7.79. The maximum Gasteiger partial charge on any atom is 0.266 e. The van der Waals surface area contributed by atoms with E-state index in [-0.39, 0.29) is 5.56 Å². The van der Waals surface area contributed by atoms with Gasteiger partial charge in [-0.25, -0.2) is 0 Å². The van der Waals surface area contributed by atoms with Gasteiger partial charge in [-0.2, -0.15) is 0 Å². The Bertz CT molecular complexity index is 455. The van der Waals surface area contributed by atoms with E-state index in [9.17, 15) is 4.79 Å². The average Bonchev–Trinajstić information content (AvgIpc) is 2.49. The van der Waals surface area contributed by atoms with Crippen LogP contribution in [0, 0.1) is 0 Å². The van der Waals surface area contributed by atoms with Gasteiger partial charge in [0, 0.05) is 31.1 Å². The van der Waals surface area contributed by atoms with Crippen molar-refractivity contribution in [1.29, 1.82) is 0 Å². The van der Waals surface area contributed by atoms with Gasteiger partial charge >= 0.3 is 0 Å². The first-order valence-corrected chi connectivity index (χ1v) is 3.94. The molecule has 0 saturated carbocycles. The summed E-state index contributed by atoms with van der Waals surface area (Å²) in [6, 6.07) is 5.29. The third-order valence-electron chi connectivity index (χ3n) is 1.86. The van der Waals surface area contributed by atoms with Crippen LogP contribution in [0.5, 0.6) is 0 Å². The lowest BCUT2D eigenvalue weighted by Gasteiger charge is -1.94. The van der Waals surface area contributed by atoms with E-state index < -0.39 is 0 Å². The fourth-order valence-corrected chi connectivity index (χ4v) is 1.16. The molecule has 2 heterocycles. The van der Waals surface area contributed by atoms with Crippen LogP contribution in [0.1, 0.15) is 0 Å². The van der Waals surface area contributed by atoms with Crippen LogP contribution in [-0.4, -0.2) is 14.8 Å². The first-order valence-electron chi connectivity index (χ1n) is 3.94. The molecular formula is C9H9N3O. The van der Waals surface area contributed by atoms with Crippen LogP contribution < -0.4 is 5.56 Å². The molecule has 1 N–H and O–H groups in total. The van der Waals surface area contributed by atoms with Crippen molar-refractivity contribution >= 4 is 0 Å². The highest BCUT2D eigenvalue weighted by Gasteiger charge is 2.01. The lowest BCUT2D eigenvalue weighted by molar-refractivity contribution is 0.742. The topological polar surface area (TPSA) is 50.7 Å². The average molecular weight is 175 g/mol. The number of pyridine rings is 1. The van der Waals surface area contributed by atoms with E-state index in [1.807, 2.05) is 12.1 Å².